The summed E-state index contributed by atoms with van der Waals surface area (Å²) < 4.78 is 0. The average Bonchev–Trinajstić information content (AvgIpc) is 3.45. The summed E-state index contributed by atoms with van der Waals surface area (Å²) >= 11 is 0. The van der Waals surface area contributed by atoms with Crippen LogP contribution in [0.15, 0.2) is 162 Å². The van der Waals surface area contributed by atoms with E-state index in [-0.39, 0.29) is 0 Å². The molecule has 0 heterocycles. The van der Waals surface area contributed by atoms with Crippen molar-refractivity contribution in [3.05, 3.63) is 185 Å². The monoisotopic (exact) mass is 598 g/mol. The van der Waals surface area contributed by atoms with E-state index in [1.165, 1.54) is 94.2 Å². The lowest BCUT2D eigenvalue weighted by Gasteiger charge is -2.26. The molecule has 0 amide bonds. The molecule has 0 saturated heterocycles. The Balaban J connectivity index is 1.04. The maximum atomic E-state index is 2.45. The molecular formula is C46H46. The molecule has 0 aromatic heterocycles. The highest BCUT2D eigenvalue weighted by Crippen LogP contribution is 2.41. The fourth-order valence-electron chi connectivity index (χ4n) is 7.65. The molecule has 0 aliphatic heterocycles. The number of hydrogen-bond acceptors (Lipinski definition) is 0. The minimum Gasteiger partial charge on any atom is -0.0839 e. The minimum absolute atomic E-state index is 0.531. The van der Waals surface area contributed by atoms with Gasteiger partial charge in [0.2, 0.25) is 0 Å². The first-order valence-corrected chi connectivity index (χ1v) is 17.6. The van der Waals surface area contributed by atoms with Gasteiger partial charge < -0.3 is 0 Å². The van der Waals surface area contributed by atoms with E-state index in [1.54, 1.807) is 0 Å². The lowest BCUT2D eigenvalue weighted by atomic mass is 9.79. The first-order valence-electron chi connectivity index (χ1n) is 17.6. The van der Waals surface area contributed by atoms with E-state index in [9.17, 15) is 0 Å². The minimum atomic E-state index is 0.531. The van der Waals surface area contributed by atoms with Crippen LogP contribution in [0.2, 0.25) is 0 Å². The molecule has 5 aliphatic carbocycles. The average molecular weight is 599 g/mol. The van der Waals surface area contributed by atoms with Gasteiger partial charge in [0.1, 0.15) is 0 Å². The molecule has 2 bridgehead atoms. The highest BCUT2D eigenvalue weighted by Gasteiger charge is 2.21. The smallest absolute Gasteiger partial charge is 0.0109 e. The van der Waals surface area contributed by atoms with Crippen molar-refractivity contribution in [3.8, 4) is 0 Å². The molecule has 2 aromatic carbocycles. The van der Waals surface area contributed by atoms with Gasteiger partial charge in [0, 0.05) is 0 Å². The van der Waals surface area contributed by atoms with Crippen LogP contribution in [0.4, 0.5) is 0 Å². The van der Waals surface area contributed by atoms with Gasteiger partial charge in [-0.25, -0.2) is 0 Å². The molecule has 46 heavy (non-hydrogen) atoms. The second-order valence-electron chi connectivity index (χ2n) is 13.3. The maximum absolute atomic E-state index is 2.45. The maximum Gasteiger partial charge on any atom is -0.0109 e. The Kier molecular flexibility index (Phi) is 9.72. The predicted octanol–water partition coefficient (Wildman–Crippen LogP) is 12.8. The van der Waals surface area contributed by atoms with Gasteiger partial charge in [-0.15, -0.1) is 0 Å². The van der Waals surface area contributed by atoms with Crippen LogP contribution in [0.3, 0.4) is 0 Å². The van der Waals surface area contributed by atoms with Crippen LogP contribution in [0.25, 0.3) is 16.7 Å². The second-order valence-corrected chi connectivity index (χ2v) is 13.3. The van der Waals surface area contributed by atoms with Crippen molar-refractivity contribution in [1.29, 1.82) is 0 Å². The molecule has 0 radical (unpaired) electrons. The predicted molar refractivity (Wildman–Crippen MR) is 199 cm³/mol. The fourth-order valence-corrected chi connectivity index (χ4v) is 7.65. The third-order valence-electron chi connectivity index (χ3n) is 10.3. The third-order valence-corrected chi connectivity index (χ3v) is 10.3. The Morgan fingerprint density at radius 1 is 0.500 bits per heavy atom. The second kappa shape index (κ2) is 14.8. The summed E-state index contributed by atoms with van der Waals surface area (Å²) in [6.45, 7) is 0. The van der Waals surface area contributed by atoms with Crippen LogP contribution in [0.1, 0.15) is 92.4 Å². The lowest BCUT2D eigenvalue weighted by Crippen LogP contribution is -2.10. The van der Waals surface area contributed by atoms with Crippen molar-refractivity contribution in [2.75, 3.05) is 0 Å². The third kappa shape index (κ3) is 7.18. The van der Waals surface area contributed by atoms with Crippen molar-refractivity contribution in [2.45, 2.75) is 70.1 Å². The molecule has 0 spiro atoms. The zero-order valence-electron chi connectivity index (χ0n) is 27.1. The molecule has 0 nitrogen and oxygen atoms in total. The van der Waals surface area contributed by atoms with Crippen molar-refractivity contribution < 1.29 is 0 Å². The van der Waals surface area contributed by atoms with Gasteiger partial charge >= 0.3 is 0 Å². The Hall–Kier alpha value is -4.42. The van der Waals surface area contributed by atoms with Gasteiger partial charge in [-0.05, 0) is 132 Å². The number of benzene rings is 2. The molecule has 230 valence electrons. The fraction of sp³-hybridized carbons (Fsp3) is 0.261. The quantitative estimate of drug-likeness (QED) is 0.330. The van der Waals surface area contributed by atoms with Gasteiger partial charge in [0.05, 0.1) is 0 Å². The van der Waals surface area contributed by atoms with Crippen molar-refractivity contribution in [2.24, 2.45) is 5.92 Å². The summed E-state index contributed by atoms with van der Waals surface area (Å²) in [6.07, 6.45) is 48.4. The van der Waals surface area contributed by atoms with Crippen LogP contribution < -0.4 is 0 Å². The zero-order chi connectivity index (χ0) is 31.0. The van der Waals surface area contributed by atoms with Gasteiger partial charge in [-0.2, -0.15) is 0 Å². The first kappa shape index (κ1) is 30.2. The zero-order valence-corrected chi connectivity index (χ0v) is 27.1. The van der Waals surface area contributed by atoms with E-state index in [0.717, 1.165) is 25.7 Å². The Bertz CT molecular complexity index is 1760. The van der Waals surface area contributed by atoms with Crippen LogP contribution in [0, 0.1) is 5.92 Å². The Morgan fingerprint density at radius 3 is 2.13 bits per heavy atom. The molecule has 7 rings (SSSR count). The normalized spacial score (nSPS) is 23.1. The molecule has 0 saturated carbocycles. The summed E-state index contributed by atoms with van der Waals surface area (Å²) in [4.78, 5) is 0. The molecule has 0 fully saturated rings. The van der Waals surface area contributed by atoms with E-state index in [4.69, 9.17) is 0 Å². The highest BCUT2D eigenvalue weighted by molar-refractivity contribution is 5.96. The van der Waals surface area contributed by atoms with Crippen LogP contribution in [-0.4, -0.2) is 0 Å². The van der Waals surface area contributed by atoms with Crippen molar-refractivity contribution in [1.82, 2.24) is 0 Å². The molecule has 0 N–H and O–H groups in total. The number of fused-ring (bicyclic) bond motifs is 5. The lowest BCUT2D eigenvalue weighted by molar-refractivity contribution is 0.556. The summed E-state index contributed by atoms with van der Waals surface area (Å²) in [5.41, 5.74) is 14.2. The Labute approximate surface area is 276 Å². The van der Waals surface area contributed by atoms with Crippen LogP contribution >= 0.6 is 0 Å². The van der Waals surface area contributed by atoms with Crippen molar-refractivity contribution in [3.63, 3.8) is 0 Å². The number of allylic oxidation sites excluding steroid dienone is 22. The standard InChI is InChI=1S/C46H46/c1-3-7-17-36(42-31-29-38-20-9-11-21-41(38)33-42)18-8-4-2-6-16-35(15-5-1)39-25-27-40(28-26-39)37-19-10-12-22-43-34-44(32-30-37)46-24-14-13-23-45(43)46/h1,3,5,7-15,17-18,21-28,33-34,37-38H,2,4,6,16,19-20,29-32H2. The van der Waals surface area contributed by atoms with E-state index in [0.29, 0.717) is 11.8 Å². The van der Waals surface area contributed by atoms with E-state index in [1.807, 2.05) is 0 Å². The summed E-state index contributed by atoms with van der Waals surface area (Å²) in [5.74, 6) is 1.24. The summed E-state index contributed by atoms with van der Waals surface area (Å²) in [7, 11) is 0. The van der Waals surface area contributed by atoms with E-state index in [2.05, 4.69) is 146 Å². The van der Waals surface area contributed by atoms with Gasteiger partial charge in [0.15, 0.2) is 0 Å². The van der Waals surface area contributed by atoms with E-state index >= 15 is 0 Å². The summed E-state index contributed by atoms with van der Waals surface area (Å²) in [6, 6.07) is 18.4. The highest BCUT2D eigenvalue weighted by atomic mass is 14.3. The molecule has 2 unspecified atom stereocenters. The molecule has 0 heteroatoms. The SMILES string of the molecule is C1=CC=C(C2=CC3=CC=CCC3CC2)C=CCCCCC(c2ccc(C3CC=CC=C4C=C(CC3)c3ccccc34)cc2)=CC=C1. The van der Waals surface area contributed by atoms with Crippen LogP contribution in [0.5, 0.6) is 0 Å². The molecule has 2 aromatic rings. The molecular weight excluding hydrogens is 553 g/mol. The van der Waals surface area contributed by atoms with Crippen LogP contribution in [-0.2, 0) is 0 Å². The van der Waals surface area contributed by atoms with Crippen molar-refractivity contribution >= 4 is 16.7 Å². The number of hydrogen-bond donors (Lipinski definition) is 0. The largest absolute Gasteiger partial charge is 0.0839 e. The van der Waals surface area contributed by atoms with E-state index < -0.39 is 0 Å². The van der Waals surface area contributed by atoms with Gasteiger partial charge in [0.25, 0.3) is 0 Å². The van der Waals surface area contributed by atoms with Gasteiger partial charge in [-0.3, -0.25) is 0 Å². The first-order chi connectivity index (χ1) is 22.8. The number of rotatable bonds is 3. The molecule has 2 atom stereocenters. The summed E-state index contributed by atoms with van der Waals surface area (Å²) in [5, 5.41) is 0. The Morgan fingerprint density at radius 2 is 1.24 bits per heavy atom. The van der Waals surface area contributed by atoms with Gasteiger partial charge in [-0.1, -0.05) is 146 Å². The molecule has 5 aliphatic rings. The topological polar surface area (TPSA) is 0 Å².